The van der Waals surface area contributed by atoms with E-state index >= 15 is 0 Å². The van der Waals surface area contributed by atoms with Gasteiger partial charge in [-0.2, -0.15) is 5.10 Å². The monoisotopic (exact) mass is 267 g/mol. The maximum atomic E-state index is 13.4. The van der Waals surface area contributed by atoms with Crippen LogP contribution in [0.3, 0.4) is 0 Å². The Bertz CT molecular complexity index is 737. The van der Waals surface area contributed by atoms with Crippen LogP contribution in [0.1, 0.15) is 11.1 Å². The largest absolute Gasteiger partial charge is 0.320 e. The van der Waals surface area contributed by atoms with Gasteiger partial charge in [0, 0.05) is 11.1 Å². The molecule has 4 nitrogen and oxygen atoms in total. The molecule has 98 valence electrons. The standard InChI is InChI=1S/C15H10FN3O/c16-12-7-3-1-5-10(12)9-17-19-14-11-6-2-4-8-13(11)18-15(14)20/h1-9H,(H,18,19,20)/b17-9-. The van der Waals surface area contributed by atoms with Crippen molar-refractivity contribution in [2.45, 2.75) is 0 Å². The third kappa shape index (κ3) is 2.21. The summed E-state index contributed by atoms with van der Waals surface area (Å²) < 4.78 is 13.4. The lowest BCUT2D eigenvalue weighted by molar-refractivity contribution is -0.110. The minimum absolute atomic E-state index is 0.230. The normalized spacial score (nSPS) is 15.7. The number of carbonyl (C=O) groups excluding carboxylic acids is 1. The third-order valence-electron chi connectivity index (χ3n) is 2.91. The lowest BCUT2D eigenvalue weighted by Crippen LogP contribution is -2.13. The summed E-state index contributed by atoms with van der Waals surface area (Å²) in [5, 5.41) is 10.4. The highest BCUT2D eigenvalue weighted by Gasteiger charge is 2.25. The van der Waals surface area contributed by atoms with Crippen molar-refractivity contribution in [1.29, 1.82) is 0 Å². The van der Waals surface area contributed by atoms with E-state index in [9.17, 15) is 9.18 Å². The number of benzene rings is 2. The number of hydrogen-bond donors (Lipinski definition) is 1. The van der Waals surface area contributed by atoms with Gasteiger partial charge >= 0.3 is 0 Å². The average molecular weight is 267 g/mol. The first kappa shape index (κ1) is 12.2. The first-order valence-electron chi connectivity index (χ1n) is 6.02. The van der Waals surface area contributed by atoms with E-state index < -0.39 is 0 Å². The van der Waals surface area contributed by atoms with E-state index in [1.165, 1.54) is 12.3 Å². The van der Waals surface area contributed by atoms with Gasteiger partial charge in [0.1, 0.15) is 5.82 Å². The first-order valence-corrected chi connectivity index (χ1v) is 6.02. The molecule has 0 saturated heterocycles. The topological polar surface area (TPSA) is 53.8 Å². The average Bonchev–Trinajstić information content (AvgIpc) is 2.77. The van der Waals surface area contributed by atoms with Crippen molar-refractivity contribution in [1.82, 2.24) is 0 Å². The zero-order chi connectivity index (χ0) is 13.9. The van der Waals surface area contributed by atoms with E-state index in [4.69, 9.17) is 0 Å². The molecule has 0 unspecified atom stereocenters. The number of halogens is 1. The fourth-order valence-electron chi connectivity index (χ4n) is 1.93. The third-order valence-corrected chi connectivity index (χ3v) is 2.91. The zero-order valence-electron chi connectivity index (χ0n) is 10.4. The van der Waals surface area contributed by atoms with Crippen molar-refractivity contribution >= 4 is 23.5 Å². The number of hydrogen-bond acceptors (Lipinski definition) is 3. The number of rotatable bonds is 2. The van der Waals surface area contributed by atoms with Gasteiger partial charge in [-0.15, -0.1) is 5.10 Å². The highest BCUT2D eigenvalue weighted by Crippen LogP contribution is 2.22. The van der Waals surface area contributed by atoms with E-state index in [2.05, 4.69) is 15.5 Å². The molecule has 0 bridgehead atoms. The maximum absolute atomic E-state index is 13.4. The molecule has 0 spiro atoms. The minimum atomic E-state index is -0.382. The Morgan fingerprint density at radius 1 is 1.05 bits per heavy atom. The molecule has 1 amide bonds. The molecule has 2 aromatic rings. The van der Waals surface area contributed by atoms with Crippen LogP contribution in [-0.4, -0.2) is 17.8 Å². The van der Waals surface area contributed by atoms with Crippen LogP contribution in [0.25, 0.3) is 0 Å². The van der Waals surface area contributed by atoms with Crippen LogP contribution < -0.4 is 5.32 Å². The number of nitrogens with one attached hydrogen (secondary N) is 1. The Kier molecular flexibility index (Phi) is 3.09. The summed E-state index contributed by atoms with van der Waals surface area (Å²) in [4.78, 5) is 11.8. The molecule has 0 saturated carbocycles. The number of carbonyl (C=O) groups is 1. The van der Waals surface area contributed by atoms with Gasteiger partial charge in [0.2, 0.25) is 0 Å². The van der Waals surface area contributed by atoms with Gasteiger partial charge in [-0.1, -0.05) is 36.4 Å². The van der Waals surface area contributed by atoms with Crippen LogP contribution >= 0.6 is 0 Å². The van der Waals surface area contributed by atoms with E-state index in [1.54, 1.807) is 30.3 Å². The van der Waals surface area contributed by atoms with Crippen molar-refractivity contribution in [2.24, 2.45) is 10.2 Å². The van der Waals surface area contributed by atoms with Gasteiger partial charge in [-0.25, -0.2) is 4.39 Å². The number of anilines is 1. The van der Waals surface area contributed by atoms with E-state index in [0.717, 1.165) is 0 Å². The second kappa shape index (κ2) is 5.05. The zero-order valence-corrected chi connectivity index (χ0v) is 10.4. The molecule has 1 N–H and O–H groups in total. The molecule has 0 aliphatic carbocycles. The van der Waals surface area contributed by atoms with Crippen molar-refractivity contribution in [3.63, 3.8) is 0 Å². The summed E-state index contributed by atoms with van der Waals surface area (Å²) in [5.41, 5.74) is 1.96. The van der Waals surface area contributed by atoms with Crippen molar-refractivity contribution in [3.8, 4) is 0 Å². The highest BCUT2D eigenvalue weighted by atomic mass is 19.1. The summed E-state index contributed by atoms with van der Waals surface area (Å²) in [6.07, 6.45) is 1.29. The van der Waals surface area contributed by atoms with Crippen molar-refractivity contribution < 1.29 is 9.18 Å². The molecule has 0 radical (unpaired) electrons. The Labute approximate surface area is 114 Å². The van der Waals surface area contributed by atoms with Gasteiger partial charge in [0.15, 0.2) is 5.71 Å². The molecule has 20 heavy (non-hydrogen) atoms. The molecule has 0 aromatic heterocycles. The summed E-state index contributed by atoms with van der Waals surface area (Å²) in [6, 6.07) is 13.4. The molecular weight excluding hydrogens is 257 g/mol. The maximum Gasteiger partial charge on any atom is 0.276 e. The summed E-state index contributed by atoms with van der Waals surface area (Å²) in [5.74, 6) is -0.690. The van der Waals surface area contributed by atoms with Gasteiger partial charge in [0.25, 0.3) is 5.91 Å². The Hall–Kier alpha value is -2.82. The molecule has 1 heterocycles. The van der Waals surface area contributed by atoms with E-state index in [1.807, 2.05) is 12.1 Å². The Morgan fingerprint density at radius 3 is 2.65 bits per heavy atom. The molecule has 1 aliphatic heterocycles. The summed E-state index contributed by atoms with van der Waals surface area (Å²) >= 11 is 0. The van der Waals surface area contributed by atoms with Gasteiger partial charge in [-0.3, -0.25) is 4.79 Å². The minimum Gasteiger partial charge on any atom is -0.320 e. The number of amides is 1. The van der Waals surface area contributed by atoms with E-state index in [0.29, 0.717) is 16.8 Å². The molecule has 0 atom stereocenters. The lowest BCUT2D eigenvalue weighted by atomic mass is 10.1. The first-order chi connectivity index (χ1) is 9.75. The van der Waals surface area contributed by atoms with Gasteiger partial charge < -0.3 is 5.32 Å². The fraction of sp³-hybridized carbons (Fsp3) is 0. The molecule has 2 aromatic carbocycles. The SMILES string of the molecule is O=C1Nc2ccccc2/C1=N/N=C\c1ccccc1F. The van der Waals surface area contributed by atoms with Crippen molar-refractivity contribution in [3.05, 3.63) is 65.5 Å². The molecule has 0 fully saturated rings. The fourth-order valence-corrected chi connectivity index (χ4v) is 1.93. The van der Waals surface area contributed by atoms with Crippen molar-refractivity contribution in [2.75, 3.05) is 5.32 Å². The summed E-state index contributed by atoms with van der Waals surface area (Å²) in [7, 11) is 0. The molecule has 5 heteroatoms. The summed E-state index contributed by atoms with van der Waals surface area (Å²) in [6.45, 7) is 0. The second-order valence-corrected chi connectivity index (χ2v) is 4.21. The smallest absolute Gasteiger partial charge is 0.276 e. The number of para-hydroxylation sites is 1. The predicted molar refractivity (Wildman–Crippen MR) is 75.6 cm³/mol. The van der Waals surface area contributed by atoms with Crippen LogP contribution in [-0.2, 0) is 4.79 Å². The van der Waals surface area contributed by atoms with Crippen LogP contribution in [0.2, 0.25) is 0 Å². The Morgan fingerprint density at radius 2 is 1.80 bits per heavy atom. The highest BCUT2D eigenvalue weighted by molar-refractivity contribution is 6.53. The Balaban J connectivity index is 1.90. The van der Waals surface area contributed by atoms with Crippen LogP contribution in [0, 0.1) is 5.82 Å². The van der Waals surface area contributed by atoms with Crippen LogP contribution in [0.5, 0.6) is 0 Å². The van der Waals surface area contributed by atoms with Crippen LogP contribution in [0.4, 0.5) is 10.1 Å². The molecule has 1 aliphatic rings. The quantitative estimate of drug-likeness (QED) is 0.660. The molecular formula is C15H10FN3O. The van der Waals surface area contributed by atoms with Crippen LogP contribution in [0.15, 0.2) is 58.7 Å². The van der Waals surface area contributed by atoms with Gasteiger partial charge in [0.05, 0.1) is 11.9 Å². The number of fused-ring (bicyclic) bond motifs is 1. The number of nitrogens with zero attached hydrogens (tertiary/aromatic N) is 2. The lowest BCUT2D eigenvalue weighted by Gasteiger charge is -1.94. The van der Waals surface area contributed by atoms with E-state index in [-0.39, 0.29) is 17.4 Å². The second-order valence-electron chi connectivity index (χ2n) is 4.21. The molecule has 3 rings (SSSR count). The predicted octanol–water partition coefficient (Wildman–Crippen LogP) is 2.60. The van der Waals surface area contributed by atoms with Gasteiger partial charge in [-0.05, 0) is 12.1 Å².